The summed E-state index contributed by atoms with van der Waals surface area (Å²) in [5.41, 5.74) is 4.36. The summed E-state index contributed by atoms with van der Waals surface area (Å²) < 4.78 is 0. The van der Waals surface area contributed by atoms with Crippen LogP contribution in [0.2, 0.25) is 0 Å². The van der Waals surface area contributed by atoms with Crippen LogP contribution in [0.15, 0.2) is 42.7 Å². The molecule has 0 saturated heterocycles. The summed E-state index contributed by atoms with van der Waals surface area (Å²) in [4.78, 5) is 8.76. The van der Waals surface area contributed by atoms with Gasteiger partial charge in [-0.25, -0.2) is 9.97 Å². The summed E-state index contributed by atoms with van der Waals surface area (Å²) in [6.45, 7) is 2.10. The topological polar surface area (TPSA) is 63.6 Å². The van der Waals surface area contributed by atoms with E-state index in [0.717, 1.165) is 32.8 Å². The van der Waals surface area contributed by atoms with Gasteiger partial charge in [0.05, 0.1) is 11.7 Å². The molecular formula is C18H14N5. The van der Waals surface area contributed by atoms with Crippen molar-refractivity contribution in [2.45, 2.75) is 6.92 Å². The molecule has 5 nitrogen and oxygen atoms in total. The molecule has 0 saturated carbocycles. The third kappa shape index (κ3) is 2.26. The number of aromatic nitrogens is 4. The van der Waals surface area contributed by atoms with Crippen LogP contribution >= 0.6 is 0 Å². The van der Waals surface area contributed by atoms with E-state index in [1.165, 1.54) is 5.56 Å². The number of benzene rings is 2. The smallest absolute Gasteiger partial charge is 0.222 e. The van der Waals surface area contributed by atoms with E-state index in [4.69, 9.17) is 0 Å². The van der Waals surface area contributed by atoms with E-state index < -0.39 is 0 Å². The maximum Gasteiger partial charge on any atom is 0.222 e. The predicted octanol–water partition coefficient (Wildman–Crippen LogP) is 3.39. The zero-order valence-corrected chi connectivity index (χ0v) is 12.8. The highest BCUT2D eigenvalue weighted by molar-refractivity contribution is 5.99. The summed E-state index contributed by atoms with van der Waals surface area (Å²) in [7, 11) is 1.81. The van der Waals surface area contributed by atoms with Gasteiger partial charge in [0.1, 0.15) is 6.20 Å². The Morgan fingerprint density at radius 1 is 1.09 bits per heavy atom. The minimum absolute atomic E-state index is 0.622. The van der Waals surface area contributed by atoms with E-state index in [-0.39, 0.29) is 0 Å². The van der Waals surface area contributed by atoms with E-state index in [1.54, 1.807) is 6.20 Å². The molecule has 0 bridgehead atoms. The van der Waals surface area contributed by atoms with Crippen molar-refractivity contribution >= 4 is 27.6 Å². The molecule has 0 aliphatic rings. The standard InChI is InChI=1S/C18H14N5/c1-11-3-4-13-9-21-22-10-15(13)17(11)12-5-6-16-14(7-12)8-20-18(19-2)23-16/h3-8,10H,1-2H3,(H,19,20,23). The third-order valence-electron chi connectivity index (χ3n) is 3.96. The Labute approximate surface area is 133 Å². The maximum absolute atomic E-state index is 4.46. The lowest BCUT2D eigenvalue weighted by atomic mass is 9.95. The van der Waals surface area contributed by atoms with Crippen molar-refractivity contribution in [1.29, 1.82) is 0 Å². The van der Waals surface area contributed by atoms with Gasteiger partial charge in [-0.05, 0) is 35.7 Å². The Hall–Kier alpha value is -3.08. The lowest BCUT2D eigenvalue weighted by Gasteiger charge is -2.11. The number of aryl methyl sites for hydroxylation is 1. The summed E-state index contributed by atoms with van der Waals surface area (Å²) in [5.74, 6) is 0.622. The number of nitrogens with zero attached hydrogens (tertiary/aromatic N) is 4. The van der Waals surface area contributed by atoms with E-state index in [2.05, 4.69) is 56.8 Å². The molecule has 5 heteroatoms. The van der Waals surface area contributed by atoms with Gasteiger partial charge in [-0.3, -0.25) is 0 Å². The van der Waals surface area contributed by atoms with Crippen molar-refractivity contribution in [3.05, 3.63) is 54.5 Å². The molecule has 0 spiro atoms. The van der Waals surface area contributed by atoms with Gasteiger partial charge in [-0.2, -0.15) is 5.10 Å². The maximum atomic E-state index is 4.46. The number of rotatable bonds is 2. The van der Waals surface area contributed by atoms with Gasteiger partial charge in [0.15, 0.2) is 0 Å². The third-order valence-corrected chi connectivity index (χ3v) is 3.96. The van der Waals surface area contributed by atoms with Crippen LogP contribution in [-0.4, -0.2) is 27.2 Å². The first-order valence-electron chi connectivity index (χ1n) is 7.34. The minimum Gasteiger partial charge on any atom is -0.357 e. The highest BCUT2D eigenvalue weighted by Crippen LogP contribution is 2.32. The average Bonchev–Trinajstić information content (AvgIpc) is 2.60. The van der Waals surface area contributed by atoms with E-state index in [1.807, 2.05) is 25.4 Å². The van der Waals surface area contributed by atoms with Gasteiger partial charge in [0.2, 0.25) is 5.95 Å². The van der Waals surface area contributed by atoms with E-state index in [9.17, 15) is 0 Å². The van der Waals surface area contributed by atoms with Crippen LogP contribution < -0.4 is 5.32 Å². The van der Waals surface area contributed by atoms with Crippen LogP contribution in [0.1, 0.15) is 5.56 Å². The van der Waals surface area contributed by atoms with Gasteiger partial charge < -0.3 is 5.32 Å². The van der Waals surface area contributed by atoms with E-state index >= 15 is 0 Å². The second-order valence-electron chi connectivity index (χ2n) is 5.39. The van der Waals surface area contributed by atoms with Crippen LogP contribution in [0.3, 0.4) is 0 Å². The molecule has 0 aliphatic heterocycles. The Balaban J connectivity index is 1.97. The second-order valence-corrected chi connectivity index (χ2v) is 5.39. The fraction of sp³-hybridized carbons (Fsp3) is 0.111. The van der Waals surface area contributed by atoms with Gasteiger partial charge in [0, 0.05) is 29.4 Å². The molecule has 111 valence electrons. The molecule has 2 heterocycles. The van der Waals surface area contributed by atoms with Crippen molar-refractivity contribution in [3.63, 3.8) is 0 Å². The van der Waals surface area contributed by atoms with Crippen LogP contribution in [0.25, 0.3) is 32.8 Å². The van der Waals surface area contributed by atoms with Crippen LogP contribution in [0.4, 0.5) is 5.95 Å². The highest BCUT2D eigenvalue weighted by atomic mass is 15.1. The monoisotopic (exact) mass is 300 g/mol. The van der Waals surface area contributed by atoms with Crippen molar-refractivity contribution < 1.29 is 0 Å². The molecule has 0 fully saturated rings. The van der Waals surface area contributed by atoms with Crippen LogP contribution in [-0.2, 0) is 0 Å². The van der Waals surface area contributed by atoms with Gasteiger partial charge >= 0.3 is 0 Å². The van der Waals surface area contributed by atoms with Crippen molar-refractivity contribution in [2.24, 2.45) is 0 Å². The Kier molecular flexibility index (Phi) is 3.12. The van der Waals surface area contributed by atoms with Crippen molar-refractivity contribution in [3.8, 4) is 11.1 Å². The van der Waals surface area contributed by atoms with Crippen LogP contribution in [0.5, 0.6) is 0 Å². The number of fused-ring (bicyclic) bond motifs is 2. The molecule has 1 radical (unpaired) electrons. The summed E-state index contributed by atoms with van der Waals surface area (Å²) in [5, 5.41) is 13.8. The SMILES string of the molecule is CNc1ncc2cc(-c3c(C)ccc4[c]nncc34)ccc2n1. The van der Waals surface area contributed by atoms with Crippen molar-refractivity contribution in [2.75, 3.05) is 12.4 Å². The molecule has 2 aromatic heterocycles. The highest BCUT2D eigenvalue weighted by Gasteiger charge is 2.09. The van der Waals surface area contributed by atoms with Gasteiger partial charge in [-0.1, -0.05) is 18.2 Å². The first-order valence-corrected chi connectivity index (χ1v) is 7.34. The average molecular weight is 300 g/mol. The molecule has 0 unspecified atom stereocenters. The van der Waals surface area contributed by atoms with Crippen LogP contribution in [0, 0.1) is 13.1 Å². The molecule has 2 aromatic carbocycles. The predicted molar refractivity (Wildman–Crippen MR) is 91.2 cm³/mol. The molecule has 4 aromatic rings. The molecule has 23 heavy (non-hydrogen) atoms. The molecule has 0 atom stereocenters. The Bertz CT molecular complexity index is 1030. The lowest BCUT2D eigenvalue weighted by Crippen LogP contribution is -1.96. The lowest BCUT2D eigenvalue weighted by molar-refractivity contribution is 1.04. The van der Waals surface area contributed by atoms with Crippen molar-refractivity contribution in [1.82, 2.24) is 20.2 Å². The van der Waals surface area contributed by atoms with Gasteiger partial charge in [-0.15, -0.1) is 5.10 Å². The molecule has 0 amide bonds. The quantitative estimate of drug-likeness (QED) is 0.615. The second kappa shape index (κ2) is 5.28. The summed E-state index contributed by atoms with van der Waals surface area (Å²) in [6, 6.07) is 10.3. The first kappa shape index (κ1) is 13.6. The zero-order chi connectivity index (χ0) is 15.8. The molecule has 4 rings (SSSR count). The molecular weight excluding hydrogens is 286 g/mol. The Morgan fingerprint density at radius 3 is 2.87 bits per heavy atom. The fourth-order valence-electron chi connectivity index (χ4n) is 2.82. The molecule has 1 N–H and O–H groups in total. The van der Waals surface area contributed by atoms with Gasteiger partial charge in [0.25, 0.3) is 0 Å². The molecule has 0 aliphatic carbocycles. The zero-order valence-electron chi connectivity index (χ0n) is 12.8. The Morgan fingerprint density at radius 2 is 2.00 bits per heavy atom. The fourth-order valence-corrected chi connectivity index (χ4v) is 2.82. The number of hydrogen-bond acceptors (Lipinski definition) is 5. The number of nitrogens with one attached hydrogen (secondary N) is 1. The minimum atomic E-state index is 0.622. The summed E-state index contributed by atoms with van der Waals surface area (Å²) in [6.07, 6.45) is 6.57. The van der Waals surface area contributed by atoms with E-state index in [0.29, 0.717) is 5.95 Å². The number of anilines is 1. The largest absolute Gasteiger partial charge is 0.357 e. The number of hydrogen-bond donors (Lipinski definition) is 1. The normalized spacial score (nSPS) is 11.0. The summed E-state index contributed by atoms with van der Waals surface area (Å²) >= 11 is 0. The first-order chi connectivity index (χ1) is 11.3.